The summed E-state index contributed by atoms with van der Waals surface area (Å²) in [6, 6.07) is 9.09. The van der Waals surface area contributed by atoms with E-state index in [1.54, 1.807) is 30.6 Å². The van der Waals surface area contributed by atoms with Crippen LogP contribution in [-0.4, -0.2) is 15.9 Å². The van der Waals surface area contributed by atoms with Gasteiger partial charge in [-0.1, -0.05) is 6.92 Å². The van der Waals surface area contributed by atoms with Crippen molar-refractivity contribution in [1.82, 2.24) is 9.97 Å². The second-order valence-corrected chi connectivity index (χ2v) is 4.34. The lowest BCUT2D eigenvalue weighted by molar-refractivity contribution is -0.115. The maximum absolute atomic E-state index is 11.4. The number of nitrogens with one attached hydrogen (secondary N) is 1. The molecule has 0 radical (unpaired) electrons. The first-order valence-electron chi connectivity index (χ1n) is 6.37. The summed E-state index contributed by atoms with van der Waals surface area (Å²) in [5.74, 6) is 0.517. The Bertz CT molecular complexity index is 750. The van der Waals surface area contributed by atoms with E-state index in [2.05, 4.69) is 15.3 Å². The van der Waals surface area contributed by atoms with Crippen molar-refractivity contribution < 1.29 is 9.21 Å². The molecule has 3 aromatic rings. The lowest BCUT2D eigenvalue weighted by Gasteiger charge is -2.01. The second-order valence-electron chi connectivity index (χ2n) is 4.34. The van der Waals surface area contributed by atoms with Gasteiger partial charge < -0.3 is 9.73 Å². The highest BCUT2D eigenvalue weighted by Crippen LogP contribution is 2.25. The molecule has 0 saturated heterocycles. The van der Waals surface area contributed by atoms with Crippen LogP contribution in [0.4, 0.5) is 5.69 Å². The molecule has 0 fully saturated rings. The van der Waals surface area contributed by atoms with E-state index in [0.29, 0.717) is 23.4 Å². The van der Waals surface area contributed by atoms with E-state index in [4.69, 9.17) is 4.42 Å². The number of fused-ring (bicyclic) bond motifs is 1. The fraction of sp³-hybridized carbons (Fsp3) is 0.133. The standard InChI is InChI=1S/C15H13N3O2/c1-2-14(19)17-11-3-4-13-12(9-11)18-15(20-13)10-5-7-16-8-6-10/h3-9H,2H2,1H3,(H,17,19). The Morgan fingerprint density at radius 3 is 2.80 bits per heavy atom. The minimum absolute atomic E-state index is 0.0257. The van der Waals surface area contributed by atoms with Gasteiger partial charge in [0.1, 0.15) is 5.52 Å². The number of pyridine rings is 1. The predicted molar refractivity (Wildman–Crippen MR) is 76.2 cm³/mol. The molecule has 0 aliphatic heterocycles. The summed E-state index contributed by atoms with van der Waals surface area (Å²) in [6.07, 6.45) is 3.83. The van der Waals surface area contributed by atoms with Crippen LogP contribution in [0.15, 0.2) is 47.1 Å². The highest BCUT2D eigenvalue weighted by atomic mass is 16.3. The Morgan fingerprint density at radius 2 is 2.05 bits per heavy atom. The van der Waals surface area contributed by atoms with E-state index >= 15 is 0 Å². The molecule has 3 rings (SSSR count). The summed E-state index contributed by atoms with van der Waals surface area (Å²) in [6.45, 7) is 1.81. The van der Waals surface area contributed by atoms with Crippen LogP contribution in [0.3, 0.4) is 0 Å². The number of carbonyl (C=O) groups excluding carboxylic acids is 1. The number of oxazole rings is 1. The quantitative estimate of drug-likeness (QED) is 0.791. The Labute approximate surface area is 115 Å². The van der Waals surface area contributed by atoms with Crippen LogP contribution in [0.1, 0.15) is 13.3 Å². The van der Waals surface area contributed by atoms with Gasteiger partial charge in [0.2, 0.25) is 11.8 Å². The van der Waals surface area contributed by atoms with Crippen molar-refractivity contribution in [3.8, 4) is 11.5 Å². The van der Waals surface area contributed by atoms with Crippen LogP contribution in [0.25, 0.3) is 22.6 Å². The summed E-state index contributed by atoms with van der Waals surface area (Å²) < 4.78 is 5.69. The van der Waals surface area contributed by atoms with E-state index < -0.39 is 0 Å². The Balaban J connectivity index is 1.97. The molecule has 2 heterocycles. The molecule has 0 aliphatic rings. The molecule has 1 N–H and O–H groups in total. The summed E-state index contributed by atoms with van der Waals surface area (Å²) in [4.78, 5) is 19.8. The first-order chi connectivity index (χ1) is 9.76. The van der Waals surface area contributed by atoms with E-state index in [-0.39, 0.29) is 5.91 Å². The van der Waals surface area contributed by atoms with Crippen LogP contribution in [0, 0.1) is 0 Å². The normalized spacial score (nSPS) is 10.7. The third kappa shape index (κ3) is 2.38. The fourth-order valence-electron chi connectivity index (χ4n) is 1.87. The zero-order valence-electron chi connectivity index (χ0n) is 11.0. The van der Waals surface area contributed by atoms with Crippen molar-refractivity contribution in [2.24, 2.45) is 0 Å². The molecule has 0 aliphatic carbocycles. The van der Waals surface area contributed by atoms with Gasteiger partial charge in [-0.15, -0.1) is 0 Å². The summed E-state index contributed by atoms with van der Waals surface area (Å²) in [5, 5.41) is 2.80. The zero-order valence-corrected chi connectivity index (χ0v) is 11.0. The first kappa shape index (κ1) is 12.3. The van der Waals surface area contributed by atoms with Crippen molar-refractivity contribution in [3.63, 3.8) is 0 Å². The molecule has 20 heavy (non-hydrogen) atoms. The van der Waals surface area contributed by atoms with Gasteiger partial charge in [-0.2, -0.15) is 0 Å². The van der Waals surface area contributed by atoms with Gasteiger partial charge in [-0.05, 0) is 30.3 Å². The van der Waals surface area contributed by atoms with Gasteiger partial charge in [0.15, 0.2) is 5.58 Å². The van der Waals surface area contributed by atoms with Gasteiger partial charge in [-0.25, -0.2) is 4.98 Å². The van der Waals surface area contributed by atoms with Crippen LogP contribution in [-0.2, 0) is 4.79 Å². The van der Waals surface area contributed by atoms with Gasteiger partial charge >= 0.3 is 0 Å². The first-order valence-corrected chi connectivity index (χ1v) is 6.37. The Kier molecular flexibility index (Phi) is 3.16. The number of carbonyl (C=O) groups is 1. The molecular formula is C15H13N3O2. The number of benzene rings is 1. The monoisotopic (exact) mass is 267 g/mol. The third-order valence-corrected chi connectivity index (χ3v) is 2.92. The smallest absolute Gasteiger partial charge is 0.227 e. The predicted octanol–water partition coefficient (Wildman–Crippen LogP) is 3.24. The summed E-state index contributed by atoms with van der Waals surface area (Å²) in [7, 11) is 0. The average molecular weight is 267 g/mol. The Morgan fingerprint density at radius 1 is 1.25 bits per heavy atom. The molecule has 5 heteroatoms. The van der Waals surface area contributed by atoms with Crippen LogP contribution >= 0.6 is 0 Å². The minimum atomic E-state index is -0.0257. The minimum Gasteiger partial charge on any atom is -0.436 e. The van der Waals surface area contributed by atoms with Crippen molar-refractivity contribution >= 4 is 22.7 Å². The van der Waals surface area contributed by atoms with E-state index in [0.717, 1.165) is 11.3 Å². The molecular weight excluding hydrogens is 254 g/mol. The van der Waals surface area contributed by atoms with Crippen molar-refractivity contribution in [3.05, 3.63) is 42.7 Å². The highest BCUT2D eigenvalue weighted by Gasteiger charge is 2.09. The van der Waals surface area contributed by atoms with E-state index in [9.17, 15) is 4.79 Å². The molecule has 0 bridgehead atoms. The lowest BCUT2D eigenvalue weighted by atomic mass is 10.2. The number of anilines is 1. The van der Waals surface area contributed by atoms with Crippen LogP contribution in [0.2, 0.25) is 0 Å². The van der Waals surface area contributed by atoms with Gasteiger partial charge in [-0.3, -0.25) is 9.78 Å². The molecule has 5 nitrogen and oxygen atoms in total. The van der Waals surface area contributed by atoms with Gasteiger partial charge in [0.05, 0.1) is 0 Å². The molecule has 1 amide bonds. The topological polar surface area (TPSA) is 68.0 Å². The van der Waals surface area contributed by atoms with Crippen LogP contribution in [0.5, 0.6) is 0 Å². The molecule has 100 valence electrons. The number of hydrogen-bond acceptors (Lipinski definition) is 4. The molecule has 2 aromatic heterocycles. The molecule has 0 saturated carbocycles. The average Bonchev–Trinajstić information content (AvgIpc) is 2.91. The van der Waals surface area contributed by atoms with Crippen molar-refractivity contribution in [2.75, 3.05) is 5.32 Å². The maximum Gasteiger partial charge on any atom is 0.227 e. The summed E-state index contributed by atoms with van der Waals surface area (Å²) in [5.41, 5.74) is 2.99. The van der Waals surface area contributed by atoms with Gasteiger partial charge in [0.25, 0.3) is 0 Å². The number of hydrogen-bond donors (Lipinski definition) is 1. The third-order valence-electron chi connectivity index (χ3n) is 2.92. The molecule has 0 unspecified atom stereocenters. The zero-order chi connectivity index (χ0) is 13.9. The Hall–Kier alpha value is -2.69. The van der Waals surface area contributed by atoms with E-state index in [1.807, 2.05) is 19.1 Å². The number of aromatic nitrogens is 2. The fourth-order valence-corrected chi connectivity index (χ4v) is 1.87. The molecule has 0 atom stereocenters. The maximum atomic E-state index is 11.4. The lowest BCUT2D eigenvalue weighted by Crippen LogP contribution is -2.08. The molecule has 0 spiro atoms. The van der Waals surface area contributed by atoms with E-state index in [1.165, 1.54) is 0 Å². The van der Waals surface area contributed by atoms with Gasteiger partial charge in [0, 0.05) is 30.1 Å². The van der Waals surface area contributed by atoms with Crippen LogP contribution < -0.4 is 5.32 Å². The SMILES string of the molecule is CCC(=O)Nc1ccc2oc(-c3ccncc3)nc2c1. The number of nitrogens with zero attached hydrogens (tertiary/aromatic N) is 2. The largest absolute Gasteiger partial charge is 0.436 e. The second kappa shape index (κ2) is 5.13. The van der Waals surface area contributed by atoms with Crippen molar-refractivity contribution in [2.45, 2.75) is 13.3 Å². The van der Waals surface area contributed by atoms with Crippen molar-refractivity contribution in [1.29, 1.82) is 0 Å². The highest BCUT2D eigenvalue weighted by molar-refractivity contribution is 5.92. The number of rotatable bonds is 3. The number of amides is 1. The molecule has 1 aromatic carbocycles. The summed E-state index contributed by atoms with van der Waals surface area (Å²) >= 11 is 0.